The van der Waals surface area contributed by atoms with Gasteiger partial charge in [0.15, 0.2) is 0 Å². The zero-order valence-corrected chi connectivity index (χ0v) is 13.4. The zero-order valence-electron chi connectivity index (χ0n) is 13.4. The summed E-state index contributed by atoms with van der Waals surface area (Å²) >= 11 is 0. The number of hydrogen-bond donors (Lipinski definition) is 1. The molecule has 0 saturated heterocycles. The van der Waals surface area contributed by atoms with Crippen molar-refractivity contribution < 1.29 is 0 Å². The Kier molecular flexibility index (Phi) is 5.62. The fourth-order valence-electron chi connectivity index (χ4n) is 3.39. The van der Waals surface area contributed by atoms with Crippen molar-refractivity contribution in [2.75, 3.05) is 6.54 Å². The first-order valence-corrected chi connectivity index (χ1v) is 8.16. The van der Waals surface area contributed by atoms with Crippen molar-refractivity contribution in [3.63, 3.8) is 0 Å². The minimum atomic E-state index is 0.441. The van der Waals surface area contributed by atoms with Gasteiger partial charge in [-0.15, -0.1) is 0 Å². The molecule has 0 radical (unpaired) electrons. The van der Waals surface area contributed by atoms with Gasteiger partial charge in [0.05, 0.1) is 0 Å². The third-order valence-corrected chi connectivity index (χ3v) is 4.64. The summed E-state index contributed by atoms with van der Waals surface area (Å²) in [4.78, 5) is 2.68. The molecule has 2 heteroatoms. The SMILES string of the molecule is CCCN(Cc1ccc(C)cc1C)C1CCC(N)CC1. The lowest BCUT2D eigenvalue weighted by molar-refractivity contribution is 0.142. The van der Waals surface area contributed by atoms with E-state index >= 15 is 0 Å². The molecule has 0 bridgehead atoms. The van der Waals surface area contributed by atoms with Gasteiger partial charge in [-0.2, -0.15) is 0 Å². The molecule has 0 aliphatic heterocycles. The maximum absolute atomic E-state index is 6.05. The molecule has 0 atom stereocenters. The third kappa shape index (κ3) is 4.07. The monoisotopic (exact) mass is 274 g/mol. The molecular weight excluding hydrogens is 244 g/mol. The average molecular weight is 274 g/mol. The van der Waals surface area contributed by atoms with Crippen molar-refractivity contribution in [2.24, 2.45) is 5.73 Å². The summed E-state index contributed by atoms with van der Waals surface area (Å²) in [5.74, 6) is 0. The van der Waals surface area contributed by atoms with Gasteiger partial charge < -0.3 is 5.73 Å². The van der Waals surface area contributed by atoms with Crippen LogP contribution in [0.5, 0.6) is 0 Å². The Balaban J connectivity index is 2.04. The van der Waals surface area contributed by atoms with Crippen molar-refractivity contribution in [3.8, 4) is 0 Å². The van der Waals surface area contributed by atoms with Crippen LogP contribution in [0.15, 0.2) is 18.2 Å². The molecule has 0 unspecified atom stereocenters. The normalized spacial score (nSPS) is 23.2. The molecular formula is C18H30N2. The number of nitrogens with zero attached hydrogens (tertiary/aromatic N) is 1. The zero-order chi connectivity index (χ0) is 14.5. The lowest BCUT2D eigenvalue weighted by Crippen LogP contribution is -2.41. The third-order valence-electron chi connectivity index (χ3n) is 4.64. The quantitative estimate of drug-likeness (QED) is 0.885. The van der Waals surface area contributed by atoms with E-state index in [9.17, 15) is 0 Å². The molecule has 1 aliphatic rings. The molecule has 1 aromatic rings. The Morgan fingerprint density at radius 3 is 2.45 bits per heavy atom. The average Bonchev–Trinajstić information content (AvgIpc) is 2.42. The summed E-state index contributed by atoms with van der Waals surface area (Å²) in [5, 5.41) is 0. The summed E-state index contributed by atoms with van der Waals surface area (Å²) < 4.78 is 0. The van der Waals surface area contributed by atoms with Gasteiger partial charge in [0.1, 0.15) is 0 Å². The van der Waals surface area contributed by atoms with E-state index in [0.717, 1.165) is 12.6 Å². The van der Waals surface area contributed by atoms with Gasteiger partial charge in [0, 0.05) is 18.6 Å². The second-order valence-electron chi connectivity index (χ2n) is 6.47. The molecule has 0 heterocycles. The van der Waals surface area contributed by atoms with E-state index in [1.54, 1.807) is 0 Å². The van der Waals surface area contributed by atoms with Crippen molar-refractivity contribution in [1.82, 2.24) is 4.90 Å². The molecule has 0 amide bonds. The fraction of sp³-hybridized carbons (Fsp3) is 0.667. The number of hydrogen-bond acceptors (Lipinski definition) is 2. The Morgan fingerprint density at radius 1 is 1.15 bits per heavy atom. The Hall–Kier alpha value is -0.860. The molecule has 1 fully saturated rings. The van der Waals surface area contributed by atoms with Crippen molar-refractivity contribution in [3.05, 3.63) is 34.9 Å². The lowest BCUT2D eigenvalue weighted by atomic mass is 9.90. The molecule has 112 valence electrons. The summed E-state index contributed by atoms with van der Waals surface area (Å²) in [6.07, 6.45) is 6.15. The number of aryl methyl sites for hydroxylation is 2. The van der Waals surface area contributed by atoms with Crippen molar-refractivity contribution >= 4 is 0 Å². The van der Waals surface area contributed by atoms with E-state index < -0.39 is 0 Å². The van der Waals surface area contributed by atoms with Gasteiger partial charge in [-0.3, -0.25) is 4.90 Å². The van der Waals surface area contributed by atoms with Gasteiger partial charge in [-0.1, -0.05) is 30.7 Å². The highest BCUT2D eigenvalue weighted by Crippen LogP contribution is 2.24. The maximum Gasteiger partial charge on any atom is 0.0239 e. The van der Waals surface area contributed by atoms with Gasteiger partial charge in [0.25, 0.3) is 0 Å². The maximum atomic E-state index is 6.05. The van der Waals surface area contributed by atoms with Gasteiger partial charge in [0.2, 0.25) is 0 Å². The second kappa shape index (κ2) is 7.24. The van der Waals surface area contributed by atoms with Crippen molar-refractivity contribution in [1.29, 1.82) is 0 Å². The first kappa shape index (κ1) is 15.5. The van der Waals surface area contributed by atoms with E-state index in [4.69, 9.17) is 5.73 Å². The summed E-state index contributed by atoms with van der Waals surface area (Å²) in [7, 11) is 0. The number of rotatable bonds is 5. The molecule has 1 saturated carbocycles. The van der Waals surface area contributed by atoms with Crippen LogP contribution in [0.4, 0.5) is 0 Å². The summed E-state index contributed by atoms with van der Waals surface area (Å²) in [5.41, 5.74) is 10.3. The molecule has 20 heavy (non-hydrogen) atoms. The lowest BCUT2D eigenvalue weighted by Gasteiger charge is -2.36. The molecule has 0 aromatic heterocycles. The highest BCUT2D eigenvalue weighted by Gasteiger charge is 2.24. The van der Waals surface area contributed by atoms with Crippen LogP contribution in [-0.2, 0) is 6.54 Å². The van der Waals surface area contributed by atoms with E-state index in [1.807, 2.05) is 0 Å². The standard InChI is InChI=1S/C18H30N2/c1-4-11-20(18-9-7-17(19)8-10-18)13-16-6-5-14(2)12-15(16)3/h5-6,12,17-18H,4,7-11,13,19H2,1-3H3. The highest BCUT2D eigenvalue weighted by molar-refractivity contribution is 5.30. The molecule has 2 N–H and O–H groups in total. The first-order valence-electron chi connectivity index (χ1n) is 8.16. The van der Waals surface area contributed by atoms with Crippen LogP contribution in [0.1, 0.15) is 55.7 Å². The van der Waals surface area contributed by atoms with Crippen LogP contribution in [-0.4, -0.2) is 23.5 Å². The first-order chi connectivity index (χ1) is 9.60. The minimum absolute atomic E-state index is 0.441. The largest absolute Gasteiger partial charge is 0.328 e. The smallest absolute Gasteiger partial charge is 0.0239 e. The van der Waals surface area contributed by atoms with Gasteiger partial charge in [-0.05, 0) is 63.6 Å². The van der Waals surface area contributed by atoms with Crippen LogP contribution in [0.2, 0.25) is 0 Å². The van der Waals surface area contributed by atoms with Gasteiger partial charge >= 0.3 is 0 Å². The van der Waals surface area contributed by atoms with Crippen LogP contribution < -0.4 is 5.73 Å². The number of benzene rings is 1. The molecule has 1 aromatic carbocycles. The summed E-state index contributed by atoms with van der Waals surface area (Å²) in [6.45, 7) is 8.99. The molecule has 2 rings (SSSR count). The minimum Gasteiger partial charge on any atom is -0.328 e. The highest BCUT2D eigenvalue weighted by atomic mass is 15.2. The Bertz CT molecular complexity index is 419. The van der Waals surface area contributed by atoms with Crippen molar-refractivity contribution in [2.45, 2.75) is 71.5 Å². The second-order valence-corrected chi connectivity index (χ2v) is 6.47. The molecule has 0 spiro atoms. The van der Waals surface area contributed by atoms with E-state index in [1.165, 1.54) is 55.3 Å². The van der Waals surface area contributed by atoms with E-state index in [2.05, 4.69) is 43.9 Å². The summed E-state index contributed by atoms with van der Waals surface area (Å²) in [6, 6.07) is 8.02. The predicted molar refractivity (Wildman–Crippen MR) is 86.8 cm³/mol. The van der Waals surface area contributed by atoms with E-state index in [-0.39, 0.29) is 0 Å². The van der Waals surface area contributed by atoms with Crippen LogP contribution >= 0.6 is 0 Å². The van der Waals surface area contributed by atoms with Crippen LogP contribution in [0.3, 0.4) is 0 Å². The van der Waals surface area contributed by atoms with Crippen LogP contribution in [0.25, 0.3) is 0 Å². The Morgan fingerprint density at radius 2 is 1.85 bits per heavy atom. The van der Waals surface area contributed by atoms with E-state index in [0.29, 0.717) is 6.04 Å². The Labute approximate surface area is 124 Å². The molecule has 2 nitrogen and oxygen atoms in total. The van der Waals surface area contributed by atoms with Gasteiger partial charge in [-0.25, -0.2) is 0 Å². The molecule has 1 aliphatic carbocycles. The topological polar surface area (TPSA) is 29.3 Å². The number of nitrogens with two attached hydrogens (primary N) is 1. The van der Waals surface area contributed by atoms with Crippen LogP contribution in [0, 0.1) is 13.8 Å². The fourth-order valence-corrected chi connectivity index (χ4v) is 3.39. The predicted octanol–water partition coefficient (Wildman–Crippen LogP) is 3.79.